The van der Waals surface area contributed by atoms with Crippen molar-refractivity contribution < 1.29 is 4.74 Å². The second kappa shape index (κ2) is 6.11. The normalized spacial score (nSPS) is 12.8. The Labute approximate surface area is 93.0 Å². The van der Waals surface area contributed by atoms with Crippen molar-refractivity contribution in [3.05, 3.63) is 28.5 Å². The highest BCUT2D eigenvalue weighted by Gasteiger charge is 2.09. The lowest BCUT2D eigenvalue weighted by Crippen LogP contribution is -2.22. The van der Waals surface area contributed by atoms with Crippen LogP contribution in [0.5, 0.6) is 0 Å². The van der Waals surface area contributed by atoms with Gasteiger partial charge in [-0.1, -0.05) is 0 Å². The Kier molecular flexibility index (Phi) is 5.07. The summed E-state index contributed by atoms with van der Waals surface area (Å²) in [6.07, 6.45) is 1.80. The molecule has 78 valence electrons. The van der Waals surface area contributed by atoms with Gasteiger partial charge in [-0.2, -0.15) is 0 Å². The number of pyridine rings is 1. The first-order valence-electron chi connectivity index (χ1n) is 4.64. The molecule has 1 heterocycles. The minimum absolute atomic E-state index is 0.169. The largest absolute Gasteiger partial charge is 0.380 e. The van der Waals surface area contributed by atoms with Crippen LogP contribution < -0.4 is 5.32 Å². The van der Waals surface area contributed by atoms with E-state index >= 15 is 0 Å². The van der Waals surface area contributed by atoms with Crippen LogP contribution in [0.1, 0.15) is 18.7 Å². The fourth-order valence-electron chi connectivity index (χ4n) is 1.15. The molecule has 4 heteroatoms. The van der Waals surface area contributed by atoms with Gasteiger partial charge in [0.05, 0.1) is 18.3 Å². The van der Waals surface area contributed by atoms with Crippen molar-refractivity contribution in [3.63, 3.8) is 0 Å². The Morgan fingerprint density at radius 2 is 2.36 bits per heavy atom. The molecule has 1 atom stereocenters. The lowest BCUT2D eigenvalue weighted by atomic mass is 10.2. The second-order valence-electron chi connectivity index (χ2n) is 2.90. The van der Waals surface area contributed by atoms with Gasteiger partial charge in [0, 0.05) is 17.3 Å². The van der Waals surface area contributed by atoms with E-state index in [0.29, 0.717) is 6.61 Å². The average Bonchev–Trinajstić information content (AvgIpc) is 2.21. The third kappa shape index (κ3) is 3.36. The molecule has 1 N–H and O–H groups in total. The molecule has 0 amide bonds. The molecule has 1 aromatic heterocycles. The smallest absolute Gasteiger partial charge is 0.0730 e. The fourth-order valence-corrected chi connectivity index (χ4v) is 1.38. The van der Waals surface area contributed by atoms with Crippen LogP contribution in [-0.2, 0) is 4.74 Å². The van der Waals surface area contributed by atoms with E-state index in [1.807, 2.05) is 26.1 Å². The Morgan fingerprint density at radius 3 is 2.86 bits per heavy atom. The number of likely N-dealkylation sites (N-methyl/N-ethyl adjacent to an activating group) is 1. The van der Waals surface area contributed by atoms with E-state index in [9.17, 15) is 0 Å². The van der Waals surface area contributed by atoms with Crippen LogP contribution >= 0.6 is 15.9 Å². The van der Waals surface area contributed by atoms with Crippen molar-refractivity contribution in [2.24, 2.45) is 0 Å². The summed E-state index contributed by atoms with van der Waals surface area (Å²) in [5.74, 6) is 0. The van der Waals surface area contributed by atoms with Gasteiger partial charge in [0.2, 0.25) is 0 Å². The van der Waals surface area contributed by atoms with E-state index in [4.69, 9.17) is 4.74 Å². The third-order valence-electron chi connectivity index (χ3n) is 1.94. The maximum atomic E-state index is 5.36. The van der Waals surface area contributed by atoms with E-state index in [-0.39, 0.29) is 6.04 Å². The zero-order valence-electron chi connectivity index (χ0n) is 8.46. The minimum Gasteiger partial charge on any atom is -0.380 e. The maximum Gasteiger partial charge on any atom is 0.0730 e. The second-order valence-corrected chi connectivity index (χ2v) is 3.82. The monoisotopic (exact) mass is 258 g/mol. The molecule has 0 saturated carbocycles. The number of halogens is 1. The summed E-state index contributed by atoms with van der Waals surface area (Å²) in [6, 6.07) is 4.14. The van der Waals surface area contributed by atoms with Gasteiger partial charge < -0.3 is 10.1 Å². The van der Waals surface area contributed by atoms with Crippen LogP contribution in [-0.4, -0.2) is 25.2 Å². The highest BCUT2D eigenvalue weighted by molar-refractivity contribution is 9.10. The van der Waals surface area contributed by atoms with Crippen molar-refractivity contribution in [3.8, 4) is 0 Å². The molecule has 0 aromatic carbocycles. The first-order valence-corrected chi connectivity index (χ1v) is 5.43. The van der Waals surface area contributed by atoms with E-state index in [1.165, 1.54) is 0 Å². The highest BCUT2D eigenvalue weighted by atomic mass is 79.9. The molecule has 0 fully saturated rings. The summed E-state index contributed by atoms with van der Waals surface area (Å²) in [4.78, 5) is 4.31. The standard InChI is InChI=1S/C10H15BrN2O/c1-3-14-7-10(12-2)9-5-4-8(11)6-13-9/h4-6,10,12H,3,7H2,1-2H3. The number of hydrogen-bond acceptors (Lipinski definition) is 3. The quantitative estimate of drug-likeness (QED) is 0.879. The molecule has 0 bridgehead atoms. The van der Waals surface area contributed by atoms with Crippen LogP contribution in [0, 0.1) is 0 Å². The molecule has 0 aliphatic carbocycles. The molecule has 14 heavy (non-hydrogen) atoms. The molecule has 0 aliphatic rings. The van der Waals surface area contributed by atoms with Crippen LogP contribution in [0.3, 0.4) is 0 Å². The summed E-state index contributed by atoms with van der Waals surface area (Å²) in [7, 11) is 1.91. The number of nitrogens with one attached hydrogen (secondary N) is 1. The molecule has 0 radical (unpaired) electrons. The first-order chi connectivity index (χ1) is 6.77. The van der Waals surface area contributed by atoms with Gasteiger partial charge in [-0.25, -0.2) is 0 Å². The van der Waals surface area contributed by atoms with Crippen molar-refractivity contribution in [2.75, 3.05) is 20.3 Å². The molecule has 0 spiro atoms. The van der Waals surface area contributed by atoms with Crippen LogP contribution in [0.25, 0.3) is 0 Å². The highest BCUT2D eigenvalue weighted by Crippen LogP contribution is 2.13. The van der Waals surface area contributed by atoms with Crippen LogP contribution in [0.15, 0.2) is 22.8 Å². The van der Waals surface area contributed by atoms with Crippen LogP contribution in [0.2, 0.25) is 0 Å². The van der Waals surface area contributed by atoms with Gasteiger partial charge in [0.15, 0.2) is 0 Å². The molecule has 3 nitrogen and oxygen atoms in total. The molecular formula is C10H15BrN2O. The SMILES string of the molecule is CCOCC(NC)c1ccc(Br)cn1. The fraction of sp³-hybridized carbons (Fsp3) is 0.500. The number of ether oxygens (including phenoxy) is 1. The van der Waals surface area contributed by atoms with Crippen molar-refractivity contribution in [2.45, 2.75) is 13.0 Å². The van der Waals surface area contributed by atoms with E-state index in [1.54, 1.807) is 6.20 Å². The summed E-state index contributed by atoms with van der Waals surface area (Å²) in [6.45, 7) is 3.37. The van der Waals surface area contributed by atoms with E-state index < -0.39 is 0 Å². The first kappa shape index (κ1) is 11.6. The molecular weight excluding hydrogens is 244 g/mol. The summed E-state index contributed by atoms with van der Waals surface area (Å²) in [5, 5.41) is 3.17. The van der Waals surface area contributed by atoms with E-state index in [0.717, 1.165) is 16.8 Å². The Morgan fingerprint density at radius 1 is 1.57 bits per heavy atom. The zero-order chi connectivity index (χ0) is 10.4. The zero-order valence-corrected chi connectivity index (χ0v) is 10.0. The van der Waals surface area contributed by atoms with Crippen molar-refractivity contribution in [1.29, 1.82) is 0 Å². The Balaban J connectivity index is 2.64. The van der Waals surface area contributed by atoms with Gasteiger partial charge in [-0.3, -0.25) is 4.98 Å². The maximum absolute atomic E-state index is 5.36. The summed E-state index contributed by atoms with van der Waals surface area (Å²) in [5.41, 5.74) is 1.00. The number of nitrogens with zero attached hydrogens (tertiary/aromatic N) is 1. The number of rotatable bonds is 5. The topological polar surface area (TPSA) is 34.1 Å². The predicted octanol–water partition coefficient (Wildman–Crippen LogP) is 2.14. The lowest BCUT2D eigenvalue weighted by Gasteiger charge is -2.15. The average molecular weight is 259 g/mol. The molecule has 0 aliphatic heterocycles. The number of hydrogen-bond donors (Lipinski definition) is 1. The van der Waals surface area contributed by atoms with Crippen LogP contribution in [0.4, 0.5) is 0 Å². The summed E-state index contributed by atoms with van der Waals surface area (Å²) < 4.78 is 6.35. The van der Waals surface area contributed by atoms with Crippen molar-refractivity contribution in [1.82, 2.24) is 10.3 Å². The van der Waals surface area contributed by atoms with Gasteiger partial charge in [0.25, 0.3) is 0 Å². The molecule has 1 unspecified atom stereocenters. The number of aromatic nitrogens is 1. The molecule has 0 saturated heterocycles. The minimum atomic E-state index is 0.169. The van der Waals surface area contributed by atoms with Gasteiger partial charge >= 0.3 is 0 Å². The molecule has 1 rings (SSSR count). The molecule has 1 aromatic rings. The van der Waals surface area contributed by atoms with Gasteiger partial charge in [0.1, 0.15) is 0 Å². The van der Waals surface area contributed by atoms with Gasteiger partial charge in [-0.15, -0.1) is 0 Å². The van der Waals surface area contributed by atoms with Crippen molar-refractivity contribution >= 4 is 15.9 Å². The van der Waals surface area contributed by atoms with E-state index in [2.05, 4.69) is 26.2 Å². The third-order valence-corrected chi connectivity index (χ3v) is 2.41. The lowest BCUT2D eigenvalue weighted by molar-refractivity contribution is 0.124. The Hall–Kier alpha value is -0.450. The Bertz CT molecular complexity index is 263. The predicted molar refractivity (Wildman–Crippen MR) is 60.2 cm³/mol. The van der Waals surface area contributed by atoms with Gasteiger partial charge in [-0.05, 0) is 42.0 Å². The summed E-state index contributed by atoms with van der Waals surface area (Å²) >= 11 is 3.35.